The van der Waals surface area contributed by atoms with Crippen molar-refractivity contribution in [2.75, 3.05) is 11.5 Å². The van der Waals surface area contributed by atoms with E-state index in [-0.39, 0.29) is 16.8 Å². The van der Waals surface area contributed by atoms with Crippen molar-refractivity contribution >= 4 is 34.2 Å². The van der Waals surface area contributed by atoms with E-state index >= 15 is 0 Å². The van der Waals surface area contributed by atoms with Gasteiger partial charge in [-0.2, -0.15) is 0 Å². The zero-order chi connectivity index (χ0) is 28.7. The van der Waals surface area contributed by atoms with Gasteiger partial charge in [-0.1, -0.05) is 65.7 Å². The number of ether oxygens (including phenoxy) is 2. The van der Waals surface area contributed by atoms with E-state index in [1.165, 1.54) is 0 Å². The summed E-state index contributed by atoms with van der Waals surface area (Å²) in [6.45, 7) is 6.49. The molecule has 7 heteroatoms. The second-order valence-corrected chi connectivity index (χ2v) is 10.5. The van der Waals surface area contributed by atoms with Crippen LogP contribution in [0.15, 0.2) is 94.1 Å². The highest BCUT2D eigenvalue weighted by molar-refractivity contribution is 6.31. The summed E-state index contributed by atoms with van der Waals surface area (Å²) in [5.41, 5.74) is 4.48. The van der Waals surface area contributed by atoms with Crippen LogP contribution in [0.4, 0.5) is 5.69 Å². The molecule has 1 aliphatic heterocycles. The van der Waals surface area contributed by atoms with Crippen LogP contribution in [0.25, 0.3) is 11.0 Å². The summed E-state index contributed by atoms with van der Waals surface area (Å²) in [6, 6.07) is 25.4. The van der Waals surface area contributed by atoms with Gasteiger partial charge in [-0.15, -0.1) is 0 Å². The maximum absolute atomic E-state index is 14.0. The zero-order valence-electron chi connectivity index (χ0n) is 22.9. The fourth-order valence-electron chi connectivity index (χ4n) is 5.22. The highest BCUT2D eigenvalue weighted by atomic mass is 35.5. The lowest BCUT2D eigenvalue weighted by Gasteiger charge is -2.26. The maximum atomic E-state index is 14.0. The molecule has 5 aromatic rings. The summed E-state index contributed by atoms with van der Waals surface area (Å²) in [5.74, 6) is 0.696. The summed E-state index contributed by atoms with van der Waals surface area (Å²) in [5, 5.41) is 0.947. The molecule has 1 unspecified atom stereocenters. The summed E-state index contributed by atoms with van der Waals surface area (Å²) in [6.07, 6.45) is 0. The molecule has 6 rings (SSSR count). The molecule has 0 spiro atoms. The van der Waals surface area contributed by atoms with Crippen molar-refractivity contribution in [1.82, 2.24) is 0 Å². The Kier molecular flexibility index (Phi) is 7.01. The lowest BCUT2D eigenvalue weighted by molar-refractivity contribution is 0.0971. The predicted octanol–water partition coefficient (Wildman–Crippen LogP) is 7.79. The Morgan fingerprint density at radius 3 is 2.44 bits per heavy atom. The van der Waals surface area contributed by atoms with Crippen LogP contribution in [-0.4, -0.2) is 12.5 Å². The quantitative estimate of drug-likeness (QED) is 0.201. The summed E-state index contributed by atoms with van der Waals surface area (Å²) in [4.78, 5) is 29.6. The first kappa shape index (κ1) is 26.7. The van der Waals surface area contributed by atoms with Crippen LogP contribution in [0.3, 0.4) is 0 Å². The molecule has 1 aromatic heterocycles. The van der Waals surface area contributed by atoms with E-state index in [1.807, 2.05) is 87.5 Å². The number of aryl methyl sites for hydroxylation is 2. The molecule has 1 atom stereocenters. The first-order valence-corrected chi connectivity index (χ1v) is 13.8. The number of carbonyl (C=O) groups excluding carboxylic acids is 1. The lowest BCUT2D eigenvalue weighted by Crippen LogP contribution is -2.29. The molecule has 1 amide bonds. The Bertz CT molecular complexity index is 1850. The number of anilines is 1. The van der Waals surface area contributed by atoms with Crippen molar-refractivity contribution < 1.29 is 18.7 Å². The van der Waals surface area contributed by atoms with E-state index < -0.39 is 11.9 Å². The third-order valence-electron chi connectivity index (χ3n) is 7.28. The molecule has 6 nitrogen and oxygen atoms in total. The average Bonchev–Trinajstić information content (AvgIpc) is 3.27. The monoisotopic (exact) mass is 565 g/mol. The van der Waals surface area contributed by atoms with E-state index in [9.17, 15) is 9.59 Å². The maximum Gasteiger partial charge on any atom is 0.295 e. The highest BCUT2D eigenvalue weighted by Crippen LogP contribution is 2.44. The standard InChI is InChI=1S/C34H28ClNO5/c1-4-39-29-17-23(12-15-28(29)40-19-22-8-6-5-7-9-22)31-30-32(37)25-16-20(2)10-14-27(25)41-33(30)34(38)36(31)24-13-11-21(3)26(35)18-24/h5-18,31H,4,19H2,1-3H3. The largest absolute Gasteiger partial charge is 0.490 e. The smallest absolute Gasteiger partial charge is 0.295 e. The van der Waals surface area contributed by atoms with Crippen LogP contribution in [-0.2, 0) is 6.61 Å². The Morgan fingerprint density at radius 2 is 1.68 bits per heavy atom. The highest BCUT2D eigenvalue weighted by Gasteiger charge is 2.44. The Morgan fingerprint density at radius 1 is 0.878 bits per heavy atom. The normalized spacial score (nSPS) is 14.4. The topological polar surface area (TPSA) is 69.0 Å². The molecule has 206 valence electrons. The summed E-state index contributed by atoms with van der Waals surface area (Å²) in [7, 11) is 0. The minimum atomic E-state index is -0.764. The van der Waals surface area contributed by atoms with Gasteiger partial charge in [-0.25, -0.2) is 0 Å². The van der Waals surface area contributed by atoms with Crippen molar-refractivity contribution in [2.24, 2.45) is 0 Å². The minimum absolute atomic E-state index is 0.0235. The molecular weight excluding hydrogens is 538 g/mol. The van der Waals surface area contributed by atoms with Crippen LogP contribution in [0.1, 0.15) is 51.3 Å². The molecular formula is C34H28ClNO5. The summed E-state index contributed by atoms with van der Waals surface area (Å²) < 4.78 is 18.2. The predicted molar refractivity (Wildman–Crippen MR) is 160 cm³/mol. The number of fused-ring (bicyclic) bond motifs is 2. The van der Waals surface area contributed by atoms with Gasteiger partial charge >= 0.3 is 0 Å². The average molecular weight is 566 g/mol. The molecule has 0 bridgehead atoms. The fraction of sp³-hybridized carbons (Fsp3) is 0.176. The third-order valence-corrected chi connectivity index (χ3v) is 7.69. The van der Waals surface area contributed by atoms with Crippen LogP contribution < -0.4 is 19.8 Å². The second-order valence-electron chi connectivity index (χ2n) is 10.1. The minimum Gasteiger partial charge on any atom is -0.490 e. The van der Waals surface area contributed by atoms with Crippen LogP contribution in [0.5, 0.6) is 11.5 Å². The molecule has 0 N–H and O–H groups in total. The van der Waals surface area contributed by atoms with Crippen molar-refractivity contribution in [3.8, 4) is 11.5 Å². The van der Waals surface area contributed by atoms with Crippen molar-refractivity contribution in [3.05, 3.63) is 134 Å². The van der Waals surface area contributed by atoms with Crippen LogP contribution in [0, 0.1) is 13.8 Å². The van der Waals surface area contributed by atoms with Gasteiger partial charge in [0.2, 0.25) is 5.76 Å². The van der Waals surface area contributed by atoms with E-state index in [0.717, 1.165) is 16.7 Å². The number of halogens is 1. The number of hydrogen-bond donors (Lipinski definition) is 0. The second kappa shape index (κ2) is 10.8. The zero-order valence-corrected chi connectivity index (χ0v) is 23.7. The van der Waals surface area contributed by atoms with Gasteiger partial charge in [0.1, 0.15) is 12.2 Å². The van der Waals surface area contributed by atoms with Crippen LogP contribution >= 0.6 is 11.6 Å². The molecule has 0 saturated carbocycles. The summed E-state index contributed by atoms with van der Waals surface area (Å²) >= 11 is 6.49. The first-order chi connectivity index (χ1) is 19.9. The number of benzene rings is 4. The first-order valence-electron chi connectivity index (χ1n) is 13.5. The molecule has 4 aromatic carbocycles. The number of amides is 1. The van der Waals surface area contributed by atoms with E-state index in [4.69, 9.17) is 25.5 Å². The van der Waals surface area contributed by atoms with Gasteiger partial charge < -0.3 is 13.9 Å². The molecule has 0 saturated heterocycles. The molecule has 1 aliphatic rings. The molecule has 0 fully saturated rings. The number of rotatable bonds is 7. The third kappa shape index (κ3) is 4.85. The number of nitrogens with zero attached hydrogens (tertiary/aromatic N) is 1. The lowest BCUT2D eigenvalue weighted by atomic mass is 9.97. The van der Waals surface area contributed by atoms with Gasteiger partial charge in [0.25, 0.3) is 5.91 Å². The molecule has 2 heterocycles. The molecule has 41 heavy (non-hydrogen) atoms. The van der Waals surface area contributed by atoms with E-state index in [0.29, 0.717) is 52.0 Å². The van der Waals surface area contributed by atoms with Crippen molar-refractivity contribution in [1.29, 1.82) is 0 Å². The van der Waals surface area contributed by atoms with E-state index in [2.05, 4.69) is 0 Å². The Labute approximate surface area is 242 Å². The van der Waals surface area contributed by atoms with Gasteiger partial charge in [-0.05, 0) is 73.9 Å². The molecule has 0 aliphatic carbocycles. The fourth-order valence-corrected chi connectivity index (χ4v) is 5.39. The van der Waals surface area contributed by atoms with Crippen molar-refractivity contribution in [2.45, 2.75) is 33.4 Å². The van der Waals surface area contributed by atoms with Crippen LogP contribution in [0.2, 0.25) is 5.02 Å². The Balaban J connectivity index is 1.51. The van der Waals surface area contributed by atoms with Gasteiger partial charge in [0.05, 0.1) is 23.6 Å². The van der Waals surface area contributed by atoms with E-state index in [1.54, 1.807) is 23.1 Å². The Hall–Kier alpha value is -4.55. The van der Waals surface area contributed by atoms with Gasteiger partial charge in [0, 0.05) is 10.7 Å². The molecule has 0 radical (unpaired) electrons. The van der Waals surface area contributed by atoms with Gasteiger partial charge in [-0.3, -0.25) is 14.5 Å². The number of hydrogen-bond acceptors (Lipinski definition) is 5. The van der Waals surface area contributed by atoms with Crippen molar-refractivity contribution in [3.63, 3.8) is 0 Å². The SMILES string of the molecule is CCOc1cc(C2c3c(oc4ccc(C)cc4c3=O)C(=O)N2c2ccc(C)c(Cl)c2)ccc1OCc1ccccc1. The number of carbonyl (C=O) groups is 1. The van der Waals surface area contributed by atoms with Gasteiger partial charge in [0.15, 0.2) is 16.9 Å².